The summed E-state index contributed by atoms with van der Waals surface area (Å²) in [6.45, 7) is 6.38. The van der Waals surface area contributed by atoms with E-state index >= 15 is 0 Å². The highest BCUT2D eigenvalue weighted by molar-refractivity contribution is 5.69. The molecule has 1 heterocycles. The Hall–Kier alpha value is -1.35. The Kier molecular flexibility index (Phi) is 5.04. The van der Waals surface area contributed by atoms with Gasteiger partial charge in [-0.2, -0.15) is 0 Å². The second kappa shape index (κ2) is 6.61. The lowest BCUT2D eigenvalue weighted by Crippen LogP contribution is -2.24. The zero-order chi connectivity index (χ0) is 15.5. The van der Waals surface area contributed by atoms with Crippen molar-refractivity contribution in [1.29, 1.82) is 0 Å². The molecule has 1 atom stereocenters. The second-order valence-electron chi connectivity index (χ2n) is 6.97. The van der Waals surface area contributed by atoms with Crippen molar-refractivity contribution < 1.29 is 9.90 Å². The SMILES string of the molecule is CN1CCCC(c2ccccc2C(C)(C)CC(=O)O)CC1. The number of likely N-dealkylation sites (tertiary alicyclic amines) is 1. The summed E-state index contributed by atoms with van der Waals surface area (Å²) in [4.78, 5) is 13.6. The molecule has 0 amide bonds. The number of aliphatic carboxylic acids is 1. The molecule has 1 aromatic carbocycles. The van der Waals surface area contributed by atoms with E-state index in [9.17, 15) is 9.90 Å². The zero-order valence-electron chi connectivity index (χ0n) is 13.4. The first-order valence-electron chi connectivity index (χ1n) is 7.90. The van der Waals surface area contributed by atoms with Gasteiger partial charge in [-0.3, -0.25) is 4.79 Å². The molecule has 1 aliphatic rings. The summed E-state index contributed by atoms with van der Waals surface area (Å²) >= 11 is 0. The number of hydrogen-bond acceptors (Lipinski definition) is 2. The summed E-state index contributed by atoms with van der Waals surface area (Å²) < 4.78 is 0. The van der Waals surface area contributed by atoms with E-state index in [2.05, 4.69) is 30.1 Å². The molecule has 1 fully saturated rings. The third-order valence-corrected chi connectivity index (χ3v) is 4.67. The van der Waals surface area contributed by atoms with Crippen LogP contribution in [0.2, 0.25) is 0 Å². The Morgan fingerprint density at radius 1 is 1.29 bits per heavy atom. The molecule has 0 aromatic heterocycles. The molecule has 0 bridgehead atoms. The maximum Gasteiger partial charge on any atom is 0.304 e. The molecule has 0 aliphatic carbocycles. The van der Waals surface area contributed by atoms with E-state index in [1.54, 1.807) is 0 Å². The van der Waals surface area contributed by atoms with Crippen LogP contribution in [0.3, 0.4) is 0 Å². The Labute approximate surface area is 128 Å². The number of benzene rings is 1. The highest BCUT2D eigenvalue weighted by Crippen LogP contribution is 2.37. The predicted molar refractivity (Wildman–Crippen MR) is 85.8 cm³/mol. The number of nitrogens with zero attached hydrogens (tertiary/aromatic N) is 1. The molecule has 2 rings (SSSR count). The van der Waals surface area contributed by atoms with Gasteiger partial charge in [-0.05, 0) is 56.4 Å². The minimum absolute atomic E-state index is 0.177. The van der Waals surface area contributed by atoms with E-state index in [0.29, 0.717) is 5.92 Å². The summed E-state index contributed by atoms with van der Waals surface area (Å²) in [5.41, 5.74) is 2.25. The zero-order valence-corrected chi connectivity index (χ0v) is 13.4. The minimum Gasteiger partial charge on any atom is -0.481 e. The fraction of sp³-hybridized carbons (Fsp3) is 0.611. The molecule has 21 heavy (non-hydrogen) atoms. The summed E-state index contributed by atoms with van der Waals surface area (Å²) in [6, 6.07) is 8.44. The van der Waals surface area contributed by atoms with Crippen molar-refractivity contribution in [1.82, 2.24) is 4.90 Å². The van der Waals surface area contributed by atoms with E-state index < -0.39 is 5.97 Å². The molecular formula is C18H27NO2. The molecule has 0 radical (unpaired) electrons. The summed E-state index contributed by atoms with van der Waals surface area (Å²) in [5, 5.41) is 9.18. The average molecular weight is 289 g/mol. The van der Waals surface area contributed by atoms with Gasteiger partial charge >= 0.3 is 5.97 Å². The Morgan fingerprint density at radius 3 is 2.71 bits per heavy atom. The molecular weight excluding hydrogens is 262 g/mol. The summed E-state index contributed by atoms with van der Waals surface area (Å²) in [6.07, 6.45) is 3.76. The van der Waals surface area contributed by atoms with Gasteiger partial charge in [0.25, 0.3) is 0 Å². The first kappa shape index (κ1) is 16.0. The van der Waals surface area contributed by atoms with Gasteiger partial charge in [-0.15, -0.1) is 0 Å². The van der Waals surface area contributed by atoms with E-state index in [1.165, 1.54) is 24.0 Å². The third kappa shape index (κ3) is 4.07. The normalized spacial score (nSPS) is 21.0. The monoisotopic (exact) mass is 289 g/mol. The van der Waals surface area contributed by atoms with Crippen molar-refractivity contribution in [3.8, 4) is 0 Å². The van der Waals surface area contributed by atoms with Crippen molar-refractivity contribution in [3.63, 3.8) is 0 Å². The topological polar surface area (TPSA) is 40.5 Å². The first-order chi connectivity index (χ1) is 9.90. The van der Waals surface area contributed by atoms with Crippen LogP contribution < -0.4 is 0 Å². The van der Waals surface area contributed by atoms with Gasteiger partial charge < -0.3 is 10.0 Å². The van der Waals surface area contributed by atoms with Crippen LogP contribution in [0.5, 0.6) is 0 Å². The Bertz CT molecular complexity index is 496. The van der Waals surface area contributed by atoms with Crippen molar-refractivity contribution in [2.24, 2.45) is 0 Å². The lowest BCUT2D eigenvalue weighted by molar-refractivity contribution is -0.138. The van der Waals surface area contributed by atoms with E-state index in [0.717, 1.165) is 19.5 Å². The second-order valence-corrected chi connectivity index (χ2v) is 6.97. The van der Waals surface area contributed by atoms with Crippen molar-refractivity contribution >= 4 is 5.97 Å². The predicted octanol–water partition coefficient (Wildman–Crippen LogP) is 3.64. The number of carboxylic acid groups (broad SMARTS) is 1. The largest absolute Gasteiger partial charge is 0.481 e. The minimum atomic E-state index is -0.726. The van der Waals surface area contributed by atoms with Gasteiger partial charge in [0.15, 0.2) is 0 Å². The van der Waals surface area contributed by atoms with Gasteiger partial charge in [-0.25, -0.2) is 0 Å². The molecule has 3 heteroatoms. The van der Waals surface area contributed by atoms with Gasteiger partial charge in [0.05, 0.1) is 6.42 Å². The summed E-state index contributed by atoms with van der Waals surface area (Å²) in [7, 11) is 2.18. The summed E-state index contributed by atoms with van der Waals surface area (Å²) in [5.74, 6) is -0.172. The fourth-order valence-electron chi connectivity index (χ4n) is 3.49. The first-order valence-corrected chi connectivity index (χ1v) is 7.90. The van der Waals surface area contributed by atoms with E-state index in [4.69, 9.17) is 0 Å². The molecule has 0 saturated carbocycles. The molecule has 3 nitrogen and oxygen atoms in total. The maximum absolute atomic E-state index is 11.2. The highest BCUT2D eigenvalue weighted by atomic mass is 16.4. The number of hydrogen-bond donors (Lipinski definition) is 1. The van der Waals surface area contributed by atoms with Crippen molar-refractivity contribution in [2.45, 2.75) is 50.9 Å². The Morgan fingerprint density at radius 2 is 2.00 bits per heavy atom. The van der Waals surface area contributed by atoms with Crippen LogP contribution in [0.15, 0.2) is 24.3 Å². The van der Waals surface area contributed by atoms with Crippen molar-refractivity contribution in [3.05, 3.63) is 35.4 Å². The van der Waals surface area contributed by atoms with Gasteiger partial charge in [0.2, 0.25) is 0 Å². The smallest absolute Gasteiger partial charge is 0.304 e. The van der Waals surface area contributed by atoms with Gasteiger partial charge in [0, 0.05) is 5.41 Å². The molecule has 1 aromatic rings. The molecule has 116 valence electrons. The maximum atomic E-state index is 11.2. The van der Waals surface area contributed by atoms with Crippen LogP contribution in [0.25, 0.3) is 0 Å². The van der Waals surface area contributed by atoms with E-state index in [-0.39, 0.29) is 11.8 Å². The van der Waals surface area contributed by atoms with Crippen LogP contribution >= 0.6 is 0 Å². The number of carbonyl (C=O) groups is 1. The highest BCUT2D eigenvalue weighted by Gasteiger charge is 2.29. The lowest BCUT2D eigenvalue weighted by Gasteiger charge is -2.29. The standard InChI is InChI=1S/C18H27NO2/c1-18(2,13-17(20)21)16-9-5-4-8-15(16)14-7-6-11-19(3)12-10-14/h4-5,8-9,14H,6-7,10-13H2,1-3H3,(H,20,21). The lowest BCUT2D eigenvalue weighted by atomic mass is 9.75. The average Bonchev–Trinajstić information content (AvgIpc) is 2.62. The van der Waals surface area contributed by atoms with Crippen LogP contribution in [0, 0.1) is 0 Å². The molecule has 1 aliphatic heterocycles. The molecule has 1 unspecified atom stereocenters. The molecule has 0 spiro atoms. The number of carboxylic acids is 1. The van der Waals surface area contributed by atoms with Crippen LogP contribution in [0.4, 0.5) is 0 Å². The van der Waals surface area contributed by atoms with Crippen molar-refractivity contribution in [2.75, 3.05) is 20.1 Å². The Balaban J connectivity index is 2.30. The molecule has 1 saturated heterocycles. The quantitative estimate of drug-likeness (QED) is 0.920. The third-order valence-electron chi connectivity index (χ3n) is 4.67. The van der Waals surface area contributed by atoms with Gasteiger partial charge in [-0.1, -0.05) is 38.1 Å². The number of rotatable bonds is 4. The van der Waals surface area contributed by atoms with Crippen LogP contribution in [-0.4, -0.2) is 36.1 Å². The fourth-order valence-corrected chi connectivity index (χ4v) is 3.49. The van der Waals surface area contributed by atoms with Crippen LogP contribution in [0.1, 0.15) is 56.6 Å². The van der Waals surface area contributed by atoms with Crippen LogP contribution in [-0.2, 0) is 10.2 Å². The van der Waals surface area contributed by atoms with Gasteiger partial charge in [0.1, 0.15) is 0 Å². The molecule has 1 N–H and O–H groups in total. The van der Waals surface area contributed by atoms with E-state index in [1.807, 2.05) is 19.9 Å².